The monoisotopic (exact) mass is 369 g/mol. The molecule has 144 valence electrons. The summed E-state index contributed by atoms with van der Waals surface area (Å²) in [6, 6.07) is 8.02. The molecular weight excluding hydrogens is 343 g/mol. The van der Waals surface area contributed by atoms with Crippen LogP contribution in [0.15, 0.2) is 55.6 Å². The van der Waals surface area contributed by atoms with E-state index in [-0.39, 0.29) is 0 Å². The Kier molecular flexibility index (Phi) is 8.08. The van der Waals surface area contributed by atoms with E-state index < -0.39 is 29.8 Å². The summed E-state index contributed by atoms with van der Waals surface area (Å²) in [5, 5.41) is 2.00. The molecule has 0 saturated heterocycles. The first-order valence-corrected chi connectivity index (χ1v) is 8.45. The molecule has 0 aromatic heterocycles. The Morgan fingerprint density at radius 1 is 1.23 bits per heavy atom. The van der Waals surface area contributed by atoms with Crippen molar-refractivity contribution in [2.45, 2.75) is 57.0 Å². The van der Waals surface area contributed by atoms with Gasteiger partial charge >= 0.3 is 12.1 Å². The van der Waals surface area contributed by atoms with Crippen molar-refractivity contribution < 1.29 is 22.7 Å². The standard InChI is InChI=1S/C20H26F3NO2/c1-5-7-14-19(4,13-6-2)26-17(16-11-9-8-10-12-16)15(3)24-18(25)20(21,22)23/h5-6,8-12,15,17H,1-2,7,13-14H2,3-4H3,(H,24,25)/t15-,17+,19-/m1/s1. The molecule has 1 aromatic carbocycles. The summed E-state index contributed by atoms with van der Waals surface area (Å²) in [5.41, 5.74) is 0.0459. The maximum absolute atomic E-state index is 12.6. The molecule has 0 radical (unpaired) electrons. The lowest BCUT2D eigenvalue weighted by Gasteiger charge is -2.36. The van der Waals surface area contributed by atoms with Gasteiger partial charge in [0, 0.05) is 0 Å². The van der Waals surface area contributed by atoms with Crippen LogP contribution in [-0.4, -0.2) is 23.7 Å². The Labute approximate surface area is 152 Å². The zero-order valence-corrected chi connectivity index (χ0v) is 15.2. The van der Waals surface area contributed by atoms with Crippen molar-refractivity contribution in [3.8, 4) is 0 Å². The van der Waals surface area contributed by atoms with Crippen LogP contribution in [0.2, 0.25) is 0 Å². The van der Waals surface area contributed by atoms with Crippen LogP contribution < -0.4 is 5.32 Å². The number of hydrogen-bond acceptors (Lipinski definition) is 2. The van der Waals surface area contributed by atoms with Crippen LogP contribution in [-0.2, 0) is 9.53 Å². The third-order valence-electron chi connectivity index (χ3n) is 4.06. The Hall–Kier alpha value is -2.08. The van der Waals surface area contributed by atoms with Gasteiger partial charge in [-0.1, -0.05) is 42.5 Å². The highest BCUT2D eigenvalue weighted by Gasteiger charge is 2.41. The van der Waals surface area contributed by atoms with Gasteiger partial charge in [0.15, 0.2) is 0 Å². The average Bonchev–Trinajstić information content (AvgIpc) is 2.58. The van der Waals surface area contributed by atoms with E-state index in [9.17, 15) is 18.0 Å². The number of amides is 1. The summed E-state index contributed by atoms with van der Waals surface area (Å²) in [6.07, 6.45) is -0.369. The van der Waals surface area contributed by atoms with E-state index in [1.54, 1.807) is 42.5 Å². The summed E-state index contributed by atoms with van der Waals surface area (Å²) < 4.78 is 44.1. The van der Waals surface area contributed by atoms with Gasteiger partial charge in [0.2, 0.25) is 0 Å². The van der Waals surface area contributed by atoms with Gasteiger partial charge in [0.05, 0.1) is 11.6 Å². The minimum absolute atomic E-state index is 0.518. The number of ether oxygens (including phenoxy) is 1. The topological polar surface area (TPSA) is 38.3 Å². The SMILES string of the molecule is C=CCC[C@@](C)(CC=C)O[C@H](c1ccccc1)[C@@H](C)NC(=O)C(F)(F)F. The molecule has 1 N–H and O–H groups in total. The summed E-state index contributed by atoms with van der Waals surface area (Å²) in [5.74, 6) is -1.98. The van der Waals surface area contributed by atoms with Crippen LogP contribution in [0.4, 0.5) is 13.2 Å². The molecule has 6 heteroatoms. The number of benzene rings is 1. The molecule has 0 fully saturated rings. The van der Waals surface area contributed by atoms with Crippen LogP contribution in [0.3, 0.4) is 0 Å². The van der Waals surface area contributed by atoms with Crippen molar-refractivity contribution in [3.05, 3.63) is 61.2 Å². The maximum atomic E-state index is 12.6. The molecule has 0 saturated carbocycles. The van der Waals surface area contributed by atoms with Crippen molar-refractivity contribution in [2.24, 2.45) is 0 Å². The van der Waals surface area contributed by atoms with Gasteiger partial charge in [-0.3, -0.25) is 4.79 Å². The van der Waals surface area contributed by atoms with E-state index in [0.29, 0.717) is 24.8 Å². The first kappa shape index (κ1) is 22.0. The van der Waals surface area contributed by atoms with Gasteiger partial charge in [-0.2, -0.15) is 13.2 Å². The molecule has 0 spiro atoms. The zero-order chi connectivity index (χ0) is 19.8. The van der Waals surface area contributed by atoms with Gasteiger partial charge in [-0.25, -0.2) is 0 Å². The van der Waals surface area contributed by atoms with Crippen molar-refractivity contribution in [2.75, 3.05) is 0 Å². The number of carbonyl (C=O) groups is 1. The fraction of sp³-hybridized carbons (Fsp3) is 0.450. The fourth-order valence-electron chi connectivity index (χ4n) is 2.69. The quantitative estimate of drug-likeness (QED) is 0.582. The number of halogens is 3. The predicted octanol–water partition coefficient (Wildman–Crippen LogP) is 5.11. The Morgan fingerprint density at radius 2 is 1.85 bits per heavy atom. The van der Waals surface area contributed by atoms with E-state index >= 15 is 0 Å². The highest BCUT2D eigenvalue weighted by molar-refractivity contribution is 5.82. The Morgan fingerprint density at radius 3 is 2.35 bits per heavy atom. The van der Waals surface area contributed by atoms with E-state index in [0.717, 1.165) is 0 Å². The molecule has 0 aliphatic rings. The average molecular weight is 369 g/mol. The molecule has 1 rings (SSSR count). The minimum atomic E-state index is -4.94. The third kappa shape index (κ3) is 6.67. The van der Waals surface area contributed by atoms with E-state index in [4.69, 9.17) is 4.74 Å². The zero-order valence-electron chi connectivity index (χ0n) is 15.2. The molecule has 0 bridgehead atoms. The van der Waals surface area contributed by atoms with Gasteiger partial charge in [0.1, 0.15) is 6.10 Å². The number of allylic oxidation sites excluding steroid dienone is 1. The Bertz CT molecular complexity index is 601. The smallest absolute Gasteiger partial charge is 0.365 e. The molecular formula is C20H26F3NO2. The van der Waals surface area contributed by atoms with Gasteiger partial charge in [-0.05, 0) is 38.7 Å². The largest absolute Gasteiger partial charge is 0.471 e. The van der Waals surface area contributed by atoms with E-state index in [1.807, 2.05) is 12.2 Å². The normalized spacial score (nSPS) is 16.2. The second-order valence-corrected chi connectivity index (χ2v) is 6.48. The summed E-state index contributed by atoms with van der Waals surface area (Å²) in [7, 11) is 0. The van der Waals surface area contributed by atoms with Crippen molar-refractivity contribution in [1.29, 1.82) is 0 Å². The first-order valence-electron chi connectivity index (χ1n) is 8.45. The highest BCUT2D eigenvalue weighted by atomic mass is 19.4. The molecule has 0 unspecified atom stereocenters. The molecule has 1 amide bonds. The van der Waals surface area contributed by atoms with Gasteiger partial charge in [0.25, 0.3) is 0 Å². The molecule has 3 atom stereocenters. The number of rotatable bonds is 10. The Balaban J connectivity index is 3.10. The number of carbonyl (C=O) groups excluding carboxylic acids is 1. The molecule has 26 heavy (non-hydrogen) atoms. The van der Waals surface area contributed by atoms with Crippen molar-refractivity contribution in [1.82, 2.24) is 5.32 Å². The third-order valence-corrected chi connectivity index (χ3v) is 4.06. The molecule has 1 aromatic rings. The summed E-state index contributed by atoms with van der Waals surface area (Å²) in [6.45, 7) is 10.8. The predicted molar refractivity (Wildman–Crippen MR) is 96.6 cm³/mol. The molecule has 0 aliphatic heterocycles. The highest BCUT2D eigenvalue weighted by Crippen LogP contribution is 2.33. The second-order valence-electron chi connectivity index (χ2n) is 6.48. The first-order chi connectivity index (χ1) is 12.1. The molecule has 0 aliphatic carbocycles. The van der Waals surface area contributed by atoms with Crippen LogP contribution in [0.5, 0.6) is 0 Å². The number of hydrogen-bond donors (Lipinski definition) is 1. The minimum Gasteiger partial charge on any atom is -0.365 e. The second kappa shape index (κ2) is 9.57. The van der Waals surface area contributed by atoms with Crippen LogP contribution in [0.25, 0.3) is 0 Å². The van der Waals surface area contributed by atoms with E-state index in [1.165, 1.54) is 6.92 Å². The van der Waals surface area contributed by atoms with Crippen LogP contribution in [0, 0.1) is 0 Å². The van der Waals surface area contributed by atoms with Crippen molar-refractivity contribution in [3.63, 3.8) is 0 Å². The lowest BCUT2D eigenvalue weighted by Crippen LogP contribution is -2.46. The van der Waals surface area contributed by atoms with Crippen molar-refractivity contribution >= 4 is 5.91 Å². The fourth-order valence-corrected chi connectivity index (χ4v) is 2.69. The van der Waals surface area contributed by atoms with Crippen LogP contribution >= 0.6 is 0 Å². The number of alkyl halides is 3. The van der Waals surface area contributed by atoms with E-state index in [2.05, 4.69) is 13.2 Å². The van der Waals surface area contributed by atoms with Gasteiger partial charge < -0.3 is 10.1 Å². The maximum Gasteiger partial charge on any atom is 0.471 e. The lowest BCUT2D eigenvalue weighted by atomic mass is 9.93. The molecule has 3 nitrogen and oxygen atoms in total. The van der Waals surface area contributed by atoms with Crippen LogP contribution in [0.1, 0.15) is 44.8 Å². The molecule has 0 heterocycles. The lowest BCUT2D eigenvalue weighted by molar-refractivity contribution is -0.176. The number of nitrogens with one attached hydrogen (secondary N) is 1. The summed E-state index contributed by atoms with van der Waals surface area (Å²) >= 11 is 0. The summed E-state index contributed by atoms with van der Waals surface area (Å²) in [4.78, 5) is 11.4. The van der Waals surface area contributed by atoms with Gasteiger partial charge in [-0.15, -0.1) is 13.2 Å².